The van der Waals surface area contributed by atoms with Gasteiger partial charge in [0.15, 0.2) is 0 Å². The molecule has 0 aliphatic rings. The minimum atomic E-state index is -3.78. The maximum absolute atomic E-state index is 13.3. The van der Waals surface area contributed by atoms with Gasteiger partial charge in [-0.2, -0.15) is 9.29 Å². The Balaban J connectivity index is 1.87. The summed E-state index contributed by atoms with van der Waals surface area (Å²) >= 11 is 0. The third kappa shape index (κ3) is 4.72. The zero-order valence-electron chi connectivity index (χ0n) is 18.5. The lowest BCUT2D eigenvalue weighted by molar-refractivity contribution is 0.336. The highest BCUT2D eigenvalue weighted by molar-refractivity contribution is 7.89. The summed E-state index contributed by atoms with van der Waals surface area (Å²) in [6.45, 7) is 5.68. The predicted molar refractivity (Wildman–Crippen MR) is 117 cm³/mol. The summed E-state index contributed by atoms with van der Waals surface area (Å²) < 4.78 is 43.7. The lowest BCUT2D eigenvalue weighted by Gasteiger charge is -2.20. The molecule has 1 heterocycles. The Morgan fingerprint density at radius 1 is 1.13 bits per heavy atom. The minimum absolute atomic E-state index is 0.0538. The monoisotopic (exact) mass is 445 g/mol. The molecule has 0 radical (unpaired) electrons. The number of methoxy groups -OCH3 is 2. The van der Waals surface area contributed by atoms with Gasteiger partial charge in [0, 0.05) is 12.6 Å². The molecule has 0 N–H and O–H groups in total. The first kappa shape index (κ1) is 22.8. The number of hydrogen-bond acceptors (Lipinski definition) is 7. The fourth-order valence-corrected chi connectivity index (χ4v) is 4.58. The van der Waals surface area contributed by atoms with Gasteiger partial charge in [0.25, 0.3) is 0 Å². The second kappa shape index (κ2) is 9.07. The highest BCUT2D eigenvalue weighted by Gasteiger charge is 2.27. The van der Waals surface area contributed by atoms with Crippen molar-refractivity contribution in [3.8, 4) is 22.9 Å². The van der Waals surface area contributed by atoms with Gasteiger partial charge in [0.2, 0.25) is 21.7 Å². The average molecular weight is 446 g/mol. The molecule has 0 fully saturated rings. The van der Waals surface area contributed by atoms with E-state index in [4.69, 9.17) is 14.0 Å². The molecular weight excluding hydrogens is 418 g/mol. The van der Waals surface area contributed by atoms with Crippen LogP contribution in [0.5, 0.6) is 11.5 Å². The molecule has 0 saturated heterocycles. The summed E-state index contributed by atoms with van der Waals surface area (Å²) in [5.41, 5.74) is 2.15. The van der Waals surface area contributed by atoms with Gasteiger partial charge >= 0.3 is 0 Å². The molecule has 8 nitrogen and oxygen atoms in total. The van der Waals surface area contributed by atoms with E-state index in [0.717, 1.165) is 5.56 Å². The van der Waals surface area contributed by atoms with Crippen molar-refractivity contribution in [3.63, 3.8) is 0 Å². The van der Waals surface area contributed by atoms with E-state index in [2.05, 4.69) is 10.1 Å². The maximum atomic E-state index is 13.3. The molecular formula is C22H27N3O5S. The third-order valence-corrected chi connectivity index (χ3v) is 6.94. The van der Waals surface area contributed by atoms with E-state index in [1.807, 2.05) is 32.0 Å². The SMILES string of the molecule is COc1cccc(-c2noc(CN(C)S(=O)(=O)c3cc(C(C)C)c(OC)cc3C)n2)c1. The molecule has 1 aromatic heterocycles. The summed E-state index contributed by atoms with van der Waals surface area (Å²) in [5, 5.41) is 3.97. The number of ether oxygens (including phenoxy) is 2. The van der Waals surface area contributed by atoms with E-state index >= 15 is 0 Å². The second-order valence-electron chi connectivity index (χ2n) is 7.52. The van der Waals surface area contributed by atoms with Crippen LogP contribution in [0.25, 0.3) is 11.4 Å². The molecule has 0 atom stereocenters. The zero-order chi connectivity index (χ0) is 22.8. The number of benzene rings is 2. The van der Waals surface area contributed by atoms with Crippen molar-refractivity contribution >= 4 is 10.0 Å². The Morgan fingerprint density at radius 2 is 1.87 bits per heavy atom. The standard InChI is InChI=1S/C22H27N3O5S/c1-14(2)18-12-20(15(3)10-19(18)29-6)31(26,27)25(4)13-21-23-22(24-30-21)16-8-7-9-17(11-16)28-5/h7-12,14H,13H2,1-6H3. The number of hydrogen-bond donors (Lipinski definition) is 0. The molecule has 9 heteroatoms. The van der Waals surface area contributed by atoms with Crippen molar-refractivity contribution in [2.75, 3.05) is 21.3 Å². The van der Waals surface area contributed by atoms with Crippen molar-refractivity contribution in [3.05, 3.63) is 53.4 Å². The first-order valence-electron chi connectivity index (χ1n) is 9.79. The summed E-state index contributed by atoms with van der Waals surface area (Å²) in [4.78, 5) is 4.57. The molecule has 0 bridgehead atoms. The van der Waals surface area contributed by atoms with Gasteiger partial charge in [0.05, 0.1) is 25.7 Å². The smallest absolute Gasteiger partial charge is 0.243 e. The van der Waals surface area contributed by atoms with Gasteiger partial charge in [-0.05, 0) is 48.2 Å². The summed E-state index contributed by atoms with van der Waals surface area (Å²) in [6, 6.07) is 10.7. The van der Waals surface area contributed by atoms with E-state index in [-0.39, 0.29) is 23.2 Å². The number of sulfonamides is 1. The van der Waals surface area contributed by atoms with Gasteiger partial charge in [-0.15, -0.1) is 0 Å². The minimum Gasteiger partial charge on any atom is -0.497 e. The van der Waals surface area contributed by atoms with Gasteiger partial charge < -0.3 is 14.0 Å². The molecule has 0 aliphatic heterocycles. The Morgan fingerprint density at radius 3 is 2.52 bits per heavy atom. The van der Waals surface area contributed by atoms with E-state index in [0.29, 0.717) is 28.5 Å². The first-order valence-corrected chi connectivity index (χ1v) is 11.2. The van der Waals surface area contributed by atoms with Crippen LogP contribution >= 0.6 is 0 Å². The normalized spacial score (nSPS) is 11.9. The van der Waals surface area contributed by atoms with E-state index in [1.54, 1.807) is 39.3 Å². The van der Waals surface area contributed by atoms with Gasteiger partial charge in [0.1, 0.15) is 11.5 Å². The summed E-state index contributed by atoms with van der Waals surface area (Å²) in [5.74, 6) is 2.01. The van der Waals surface area contributed by atoms with E-state index < -0.39 is 10.0 Å². The van der Waals surface area contributed by atoms with Crippen molar-refractivity contribution in [1.29, 1.82) is 0 Å². The fraction of sp³-hybridized carbons (Fsp3) is 0.364. The molecule has 3 rings (SSSR count). The van der Waals surface area contributed by atoms with E-state index in [9.17, 15) is 8.42 Å². The van der Waals surface area contributed by atoms with Crippen LogP contribution in [0.2, 0.25) is 0 Å². The zero-order valence-corrected chi connectivity index (χ0v) is 19.4. The van der Waals surface area contributed by atoms with Crippen molar-refractivity contribution in [1.82, 2.24) is 14.4 Å². The highest BCUT2D eigenvalue weighted by atomic mass is 32.2. The van der Waals surface area contributed by atoms with Gasteiger partial charge in [-0.3, -0.25) is 0 Å². The second-order valence-corrected chi connectivity index (χ2v) is 9.53. The van der Waals surface area contributed by atoms with Gasteiger partial charge in [-0.1, -0.05) is 31.1 Å². The van der Waals surface area contributed by atoms with Crippen molar-refractivity contribution in [2.24, 2.45) is 0 Å². The van der Waals surface area contributed by atoms with Crippen LogP contribution in [0.15, 0.2) is 45.8 Å². The van der Waals surface area contributed by atoms with Crippen LogP contribution in [0, 0.1) is 6.92 Å². The summed E-state index contributed by atoms with van der Waals surface area (Å²) in [7, 11) is 0.860. The maximum Gasteiger partial charge on any atom is 0.243 e. The Bertz CT molecular complexity index is 1170. The largest absolute Gasteiger partial charge is 0.497 e. The highest BCUT2D eigenvalue weighted by Crippen LogP contribution is 2.33. The number of aryl methyl sites for hydroxylation is 1. The van der Waals surface area contributed by atoms with Crippen LogP contribution in [0.4, 0.5) is 0 Å². The lowest BCUT2D eigenvalue weighted by atomic mass is 10.0. The molecule has 0 aliphatic carbocycles. The lowest BCUT2D eigenvalue weighted by Crippen LogP contribution is -2.27. The molecule has 2 aromatic carbocycles. The molecule has 0 unspecified atom stereocenters. The average Bonchev–Trinajstić information content (AvgIpc) is 3.21. The third-order valence-electron chi connectivity index (χ3n) is 4.99. The van der Waals surface area contributed by atoms with Crippen LogP contribution in [0.1, 0.15) is 36.8 Å². The Hall–Kier alpha value is -2.91. The van der Waals surface area contributed by atoms with Crippen LogP contribution < -0.4 is 9.47 Å². The van der Waals surface area contributed by atoms with E-state index in [1.165, 1.54) is 11.4 Å². The van der Waals surface area contributed by atoms with Crippen LogP contribution in [-0.2, 0) is 16.6 Å². The molecule has 0 saturated carbocycles. The number of aromatic nitrogens is 2. The van der Waals surface area contributed by atoms with Crippen LogP contribution in [-0.4, -0.2) is 44.1 Å². The number of rotatable bonds is 8. The van der Waals surface area contributed by atoms with Crippen molar-refractivity contribution < 1.29 is 22.4 Å². The first-order chi connectivity index (χ1) is 14.7. The number of nitrogens with zero attached hydrogens (tertiary/aromatic N) is 3. The summed E-state index contributed by atoms with van der Waals surface area (Å²) in [6.07, 6.45) is 0. The molecule has 166 valence electrons. The predicted octanol–water partition coefficient (Wildman–Crippen LogP) is 4.01. The molecule has 0 spiro atoms. The quantitative estimate of drug-likeness (QED) is 0.517. The molecule has 0 amide bonds. The molecule has 31 heavy (non-hydrogen) atoms. The molecule has 3 aromatic rings. The van der Waals surface area contributed by atoms with Gasteiger partial charge in [-0.25, -0.2) is 8.42 Å². The Kier molecular flexibility index (Phi) is 6.66. The van der Waals surface area contributed by atoms with Crippen LogP contribution in [0.3, 0.4) is 0 Å². The fourth-order valence-electron chi connectivity index (χ4n) is 3.23. The topological polar surface area (TPSA) is 94.8 Å². The Labute approximate surface area is 182 Å². The van der Waals surface area contributed by atoms with Crippen molar-refractivity contribution in [2.45, 2.75) is 38.1 Å².